The number of fused-ring (bicyclic) bond motifs is 1. The molecule has 0 unspecified atom stereocenters. The molecule has 0 N–H and O–H groups in total. The number of nitrogens with zero attached hydrogens (tertiary/aromatic N) is 2. The number of benzene rings is 3. The summed E-state index contributed by atoms with van der Waals surface area (Å²) >= 11 is 0. The van der Waals surface area contributed by atoms with Crippen LogP contribution in [0.2, 0.25) is 0 Å². The Balaban J connectivity index is 1.49. The van der Waals surface area contributed by atoms with Crippen molar-refractivity contribution in [2.75, 3.05) is 13.7 Å². The number of carbonyl (C=O) groups is 4. The Labute approximate surface area is 191 Å². The first-order valence-electron chi connectivity index (χ1n) is 10.4. The topological polar surface area (TPSA) is 84.0 Å². The molecule has 7 nitrogen and oxygen atoms in total. The second-order valence-electron chi connectivity index (χ2n) is 7.66. The van der Waals surface area contributed by atoms with Crippen LogP contribution < -0.4 is 0 Å². The molecule has 33 heavy (non-hydrogen) atoms. The van der Waals surface area contributed by atoms with E-state index in [0.29, 0.717) is 22.3 Å². The average molecular weight is 442 g/mol. The van der Waals surface area contributed by atoms with Gasteiger partial charge in [0.25, 0.3) is 17.7 Å². The lowest BCUT2D eigenvalue weighted by Gasteiger charge is -2.22. The highest BCUT2D eigenvalue weighted by molar-refractivity contribution is 6.21. The summed E-state index contributed by atoms with van der Waals surface area (Å²) in [7, 11) is 1.28. The number of amides is 3. The van der Waals surface area contributed by atoms with E-state index < -0.39 is 5.97 Å². The molecule has 0 fully saturated rings. The molecule has 1 heterocycles. The van der Waals surface area contributed by atoms with Crippen LogP contribution in [0.3, 0.4) is 0 Å². The molecule has 0 spiro atoms. The third-order valence-corrected chi connectivity index (χ3v) is 5.47. The van der Waals surface area contributed by atoms with Crippen molar-refractivity contribution in [3.05, 3.63) is 107 Å². The molecule has 0 bridgehead atoms. The van der Waals surface area contributed by atoms with Crippen molar-refractivity contribution in [3.8, 4) is 0 Å². The van der Waals surface area contributed by atoms with E-state index in [-0.39, 0.29) is 37.4 Å². The standard InChI is InChI=1S/C26H22N2O5/c1-33-23(29)17-27(15-18-7-3-2-4-8-18)24(30)20-13-11-19(12-14-20)16-28-25(31)21-9-5-6-10-22(21)26(28)32/h2-14H,15-17H2,1H3. The van der Waals surface area contributed by atoms with E-state index in [1.54, 1.807) is 48.5 Å². The Kier molecular flexibility index (Phi) is 6.31. The first-order valence-corrected chi connectivity index (χ1v) is 10.4. The van der Waals surface area contributed by atoms with Crippen molar-refractivity contribution in [2.45, 2.75) is 13.1 Å². The minimum atomic E-state index is -0.512. The Hall–Kier alpha value is -4.26. The predicted molar refractivity (Wildman–Crippen MR) is 120 cm³/mol. The fraction of sp³-hybridized carbons (Fsp3) is 0.154. The molecule has 7 heteroatoms. The van der Waals surface area contributed by atoms with Gasteiger partial charge in [0.2, 0.25) is 0 Å². The summed E-state index contributed by atoms with van der Waals surface area (Å²) in [5.41, 5.74) is 2.78. The third kappa shape index (κ3) is 4.67. The highest BCUT2D eigenvalue weighted by Crippen LogP contribution is 2.24. The van der Waals surface area contributed by atoms with Crippen molar-refractivity contribution in [1.82, 2.24) is 9.80 Å². The summed E-state index contributed by atoms with van der Waals surface area (Å²) in [4.78, 5) is 52.7. The predicted octanol–water partition coefficient (Wildman–Crippen LogP) is 3.30. The van der Waals surface area contributed by atoms with Crippen molar-refractivity contribution in [3.63, 3.8) is 0 Å². The third-order valence-electron chi connectivity index (χ3n) is 5.47. The number of hydrogen-bond donors (Lipinski definition) is 0. The molecule has 0 radical (unpaired) electrons. The lowest BCUT2D eigenvalue weighted by Crippen LogP contribution is -2.35. The van der Waals surface area contributed by atoms with Gasteiger partial charge in [-0.1, -0.05) is 54.6 Å². The number of methoxy groups -OCH3 is 1. The zero-order valence-corrected chi connectivity index (χ0v) is 18.1. The molecule has 0 aliphatic carbocycles. The maximum atomic E-state index is 13.1. The second-order valence-corrected chi connectivity index (χ2v) is 7.66. The van der Waals surface area contributed by atoms with Gasteiger partial charge in [0, 0.05) is 12.1 Å². The molecule has 0 saturated carbocycles. The van der Waals surface area contributed by atoms with Crippen LogP contribution in [0, 0.1) is 0 Å². The van der Waals surface area contributed by atoms with E-state index in [0.717, 1.165) is 5.56 Å². The number of esters is 1. The van der Waals surface area contributed by atoms with Crippen LogP contribution in [0.1, 0.15) is 42.2 Å². The summed E-state index contributed by atoms with van der Waals surface area (Å²) in [6, 6.07) is 22.8. The smallest absolute Gasteiger partial charge is 0.325 e. The number of ether oxygens (including phenoxy) is 1. The minimum absolute atomic E-state index is 0.108. The second kappa shape index (κ2) is 9.48. The van der Waals surface area contributed by atoms with Gasteiger partial charge in [0.15, 0.2) is 0 Å². The first-order chi connectivity index (χ1) is 16.0. The average Bonchev–Trinajstić information content (AvgIpc) is 3.09. The highest BCUT2D eigenvalue weighted by atomic mass is 16.5. The molecular weight excluding hydrogens is 420 g/mol. The van der Waals surface area contributed by atoms with Gasteiger partial charge in [-0.25, -0.2) is 0 Å². The van der Waals surface area contributed by atoms with E-state index in [4.69, 9.17) is 4.74 Å². The Morgan fingerprint density at radius 3 is 1.94 bits per heavy atom. The van der Waals surface area contributed by atoms with E-state index in [1.807, 2.05) is 30.3 Å². The molecule has 166 valence electrons. The van der Waals surface area contributed by atoms with Gasteiger partial charge in [0.1, 0.15) is 6.54 Å². The Bertz CT molecular complexity index is 1170. The molecule has 0 atom stereocenters. The summed E-state index contributed by atoms with van der Waals surface area (Å²) < 4.78 is 4.74. The minimum Gasteiger partial charge on any atom is -0.468 e. The maximum absolute atomic E-state index is 13.1. The van der Waals surface area contributed by atoms with Crippen molar-refractivity contribution in [1.29, 1.82) is 0 Å². The van der Waals surface area contributed by atoms with E-state index >= 15 is 0 Å². The lowest BCUT2D eigenvalue weighted by molar-refractivity contribution is -0.141. The normalized spacial score (nSPS) is 12.5. The van der Waals surface area contributed by atoms with E-state index in [9.17, 15) is 19.2 Å². The molecule has 0 aromatic heterocycles. The summed E-state index contributed by atoms with van der Waals surface area (Å²) in [6.07, 6.45) is 0. The number of imide groups is 1. The summed E-state index contributed by atoms with van der Waals surface area (Å²) in [6.45, 7) is 0.184. The molecule has 3 aromatic carbocycles. The molecule has 1 aliphatic rings. The van der Waals surface area contributed by atoms with Gasteiger partial charge >= 0.3 is 5.97 Å². The van der Waals surface area contributed by atoms with Gasteiger partial charge in [0.05, 0.1) is 24.8 Å². The van der Waals surface area contributed by atoms with Gasteiger partial charge in [-0.15, -0.1) is 0 Å². The van der Waals surface area contributed by atoms with Crippen LogP contribution in [0.5, 0.6) is 0 Å². The number of rotatable bonds is 7. The van der Waals surface area contributed by atoms with Gasteiger partial charge in [-0.05, 0) is 35.4 Å². The fourth-order valence-electron chi connectivity index (χ4n) is 3.72. The van der Waals surface area contributed by atoms with E-state index in [1.165, 1.54) is 16.9 Å². The summed E-state index contributed by atoms with van der Waals surface area (Å²) in [5.74, 6) is -1.50. The van der Waals surface area contributed by atoms with E-state index in [2.05, 4.69) is 0 Å². The van der Waals surface area contributed by atoms with Crippen LogP contribution >= 0.6 is 0 Å². The van der Waals surface area contributed by atoms with Crippen molar-refractivity contribution >= 4 is 23.7 Å². The zero-order chi connectivity index (χ0) is 23.4. The molecule has 0 saturated heterocycles. The van der Waals surface area contributed by atoms with Crippen LogP contribution in [0.25, 0.3) is 0 Å². The molecule has 4 rings (SSSR count). The van der Waals surface area contributed by atoms with Gasteiger partial charge in [-0.3, -0.25) is 24.1 Å². The molecular formula is C26H22N2O5. The van der Waals surface area contributed by atoms with Crippen LogP contribution in [0.4, 0.5) is 0 Å². The van der Waals surface area contributed by atoms with Gasteiger partial charge < -0.3 is 9.64 Å². The molecule has 3 amide bonds. The maximum Gasteiger partial charge on any atom is 0.325 e. The SMILES string of the molecule is COC(=O)CN(Cc1ccccc1)C(=O)c1ccc(CN2C(=O)c3ccccc3C2=O)cc1. The number of carbonyl (C=O) groups excluding carboxylic acids is 4. The molecule has 1 aliphatic heterocycles. The monoisotopic (exact) mass is 442 g/mol. The lowest BCUT2D eigenvalue weighted by atomic mass is 10.1. The van der Waals surface area contributed by atoms with Gasteiger partial charge in [-0.2, -0.15) is 0 Å². The molecule has 3 aromatic rings. The number of hydrogen-bond acceptors (Lipinski definition) is 5. The van der Waals surface area contributed by atoms with Crippen LogP contribution in [0.15, 0.2) is 78.9 Å². The first kappa shape index (κ1) is 22.0. The Morgan fingerprint density at radius 2 is 1.36 bits per heavy atom. The highest BCUT2D eigenvalue weighted by Gasteiger charge is 2.35. The van der Waals surface area contributed by atoms with Crippen LogP contribution in [-0.4, -0.2) is 47.1 Å². The fourth-order valence-corrected chi connectivity index (χ4v) is 3.72. The Morgan fingerprint density at radius 1 is 0.788 bits per heavy atom. The van der Waals surface area contributed by atoms with Crippen molar-refractivity contribution < 1.29 is 23.9 Å². The summed E-state index contributed by atoms with van der Waals surface area (Å²) in [5, 5.41) is 0. The largest absolute Gasteiger partial charge is 0.468 e. The zero-order valence-electron chi connectivity index (χ0n) is 18.1. The van der Waals surface area contributed by atoms with Crippen molar-refractivity contribution in [2.24, 2.45) is 0 Å². The van der Waals surface area contributed by atoms with Crippen LogP contribution in [-0.2, 0) is 22.6 Å². The quantitative estimate of drug-likeness (QED) is 0.414.